The molecule has 6 heteroatoms. The first kappa shape index (κ1) is 20.2. The van der Waals surface area contributed by atoms with Crippen LogP contribution in [0.4, 0.5) is 5.69 Å². The number of sulfone groups is 1. The molecule has 1 aliphatic heterocycles. The highest BCUT2D eigenvalue weighted by atomic mass is 32.2. The van der Waals surface area contributed by atoms with E-state index < -0.39 is 9.84 Å². The van der Waals surface area contributed by atoms with Crippen LogP contribution in [0.2, 0.25) is 0 Å². The summed E-state index contributed by atoms with van der Waals surface area (Å²) in [5.74, 6) is 0.431. The molecule has 1 aliphatic rings. The topological polar surface area (TPSA) is 63.7 Å². The zero-order valence-electron chi connectivity index (χ0n) is 16.5. The Labute approximate surface area is 176 Å². The van der Waals surface area contributed by atoms with E-state index in [0.29, 0.717) is 17.9 Å². The van der Waals surface area contributed by atoms with Gasteiger partial charge in [-0.1, -0.05) is 60.7 Å². The maximum atomic E-state index is 13.0. The lowest BCUT2D eigenvalue weighted by molar-refractivity contribution is -0.121. The molecule has 0 aromatic heterocycles. The SMILES string of the molecule is O=C(COc1ccc(-c2ccccc2)cc1)N(c1ccccc1)[C@@H]1CCS(=O)(=O)C1. The van der Waals surface area contributed by atoms with Gasteiger partial charge in [0.25, 0.3) is 5.91 Å². The molecular formula is C24H23NO4S. The number of benzene rings is 3. The second-order valence-corrected chi connectivity index (χ2v) is 9.56. The van der Waals surface area contributed by atoms with Gasteiger partial charge in [-0.2, -0.15) is 0 Å². The fourth-order valence-electron chi connectivity index (χ4n) is 3.71. The number of amides is 1. The van der Waals surface area contributed by atoms with Crippen LogP contribution in [0.15, 0.2) is 84.9 Å². The van der Waals surface area contributed by atoms with Crippen molar-refractivity contribution in [3.63, 3.8) is 0 Å². The summed E-state index contributed by atoms with van der Waals surface area (Å²) in [6.45, 7) is -0.157. The molecule has 1 atom stereocenters. The van der Waals surface area contributed by atoms with Crippen molar-refractivity contribution in [2.75, 3.05) is 23.0 Å². The molecule has 1 heterocycles. The highest BCUT2D eigenvalue weighted by Gasteiger charge is 2.35. The molecule has 0 bridgehead atoms. The van der Waals surface area contributed by atoms with Crippen molar-refractivity contribution in [1.29, 1.82) is 0 Å². The molecule has 0 N–H and O–H groups in total. The first-order valence-corrected chi connectivity index (χ1v) is 11.7. The van der Waals surface area contributed by atoms with Crippen LogP contribution in [0.3, 0.4) is 0 Å². The standard InChI is InChI=1S/C24H23NO4S/c26-24(17-29-23-13-11-20(12-14-23)19-7-3-1-4-8-19)25(21-9-5-2-6-10-21)22-15-16-30(27,28)18-22/h1-14,22H,15-18H2/t22-/m1/s1. The Morgan fingerprint density at radius 3 is 2.07 bits per heavy atom. The summed E-state index contributed by atoms with van der Waals surface area (Å²) in [6.07, 6.45) is 0.439. The fraction of sp³-hybridized carbons (Fsp3) is 0.208. The quantitative estimate of drug-likeness (QED) is 0.605. The van der Waals surface area contributed by atoms with E-state index in [1.165, 1.54) is 0 Å². The molecule has 1 amide bonds. The van der Waals surface area contributed by atoms with E-state index in [2.05, 4.69) is 0 Å². The monoisotopic (exact) mass is 421 g/mol. The molecule has 30 heavy (non-hydrogen) atoms. The summed E-state index contributed by atoms with van der Waals surface area (Å²) >= 11 is 0. The average molecular weight is 422 g/mol. The second-order valence-electron chi connectivity index (χ2n) is 7.34. The minimum Gasteiger partial charge on any atom is -0.484 e. The lowest BCUT2D eigenvalue weighted by Gasteiger charge is -2.28. The van der Waals surface area contributed by atoms with Gasteiger partial charge in [-0.15, -0.1) is 0 Å². The van der Waals surface area contributed by atoms with Gasteiger partial charge in [0, 0.05) is 5.69 Å². The van der Waals surface area contributed by atoms with Gasteiger partial charge in [-0.3, -0.25) is 4.79 Å². The van der Waals surface area contributed by atoms with Gasteiger partial charge in [0.15, 0.2) is 16.4 Å². The molecule has 4 rings (SSSR count). The Morgan fingerprint density at radius 2 is 1.47 bits per heavy atom. The molecule has 0 spiro atoms. The van der Waals surface area contributed by atoms with Gasteiger partial charge in [0.1, 0.15) is 5.75 Å². The average Bonchev–Trinajstić information content (AvgIpc) is 3.13. The smallest absolute Gasteiger partial charge is 0.265 e. The van der Waals surface area contributed by atoms with Crippen molar-refractivity contribution in [2.45, 2.75) is 12.5 Å². The zero-order chi connectivity index (χ0) is 21.0. The van der Waals surface area contributed by atoms with Crippen LogP contribution in [-0.2, 0) is 14.6 Å². The largest absolute Gasteiger partial charge is 0.484 e. The molecule has 3 aromatic carbocycles. The molecule has 3 aromatic rings. The highest BCUT2D eigenvalue weighted by molar-refractivity contribution is 7.91. The van der Waals surface area contributed by atoms with Gasteiger partial charge in [-0.25, -0.2) is 8.42 Å². The van der Waals surface area contributed by atoms with E-state index in [4.69, 9.17) is 4.74 Å². The number of para-hydroxylation sites is 1. The zero-order valence-corrected chi connectivity index (χ0v) is 17.3. The van der Waals surface area contributed by atoms with E-state index in [-0.39, 0.29) is 30.1 Å². The lowest BCUT2D eigenvalue weighted by atomic mass is 10.1. The van der Waals surface area contributed by atoms with Crippen molar-refractivity contribution in [2.24, 2.45) is 0 Å². The summed E-state index contributed by atoms with van der Waals surface area (Å²) in [6, 6.07) is 26.4. The third-order valence-corrected chi connectivity index (χ3v) is 6.95. The van der Waals surface area contributed by atoms with Gasteiger partial charge < -0.3 is 9.64 Å². The first-order chi connectivity index (χ1) is 14.5. The number of rotatable bonds is 6. The minimum atomic E-state index is -3.11. The van der Waals surface area contributed by atoms with Crippen molar-refractivity contribution in [1.82, 2.24) is 0 Å². The minimum absolute atomic E-state index is 0.0145. The Morgan fingerprint density at radius 1 is 0.867 bits per heavy atom. The van der Waals surface area contributed by atoms with Crippen molar-refractivity contribution < 1.29 is 17.9 Å². The Bertz CT molecular complexity index is 1100. The fourth-order valence-corrected chi connectivity index (χ4v) is 5.41. The van der Waals surface area contributed by atoms with Crippen LogP contribution in [0, 0.1) is 0 Å². The Balaban J connectivity index is 1.46. The van der Waals surface area contributed by atoms with E-state index in [1.807, 2.05) is 84.9 Å². The van der Waals surface area contributed by atoms with Crippen LogP contribution in [0.5, 0.6) is 5.75 Å². The third kappa shape index (κ3) is 4.71. The van der Waals surface area contributed by atoms with E-state index >= 15 is 0 Å². The van der Waals surface area contributed by atoms with Crippen LogP contribution in [-0.4, -0.2) is 38.5 Å². The molecule has 154 valence electrons. The number of hydrogen-bond acceptors (Lipinski definition) is 4. The normalized spacial score (nSPS) is 17.4. The summed E-state index contributed by atoms with van der Waals surface area (Å²) in [5, 5.41) is 0. The van der Waals surface area contributed by atoms with Gasteiger partial charge in [0.05, 0.1) is 17.5 Å². The molecule has 1 saturated heterocycles. The number of anilines is 1. The molecule has 1 fully saturated rings. The van der Waals surface area contributed by atoms with E-state index in [0.717, 1.165) is 11.1 Å². The van der Waals surface area contributed by atoms with Crippen molar-refractivity contribution in [3.8, 4) is 16.9 Å². The lowest BCUT2D eigenvalue weighted by Crippen LogP contribution is -2.43. The Kier molecular flexibility index (Phi) is 5.86. The molecule has 0 aliphatic carbocycles. The van der Waals surface area contributed by atoms with Crippen LogP contribution in [0.25, 0.3) is 11.1 Å². The van der Waals surface area contributed by atoms with Crippen LogP contribution >= 0.6 is 0 Å². The number of carbonyl (C=O) groups excluding carboxylic acids is 1. The maximum absolute atomic E-state index is 13.0. The van der Waals surface area contributed by atoms with Gasteiger partial charge in [0.2, 0.25) is 0 Å². The third-order valence-electron chi connectivity index (χ3n) is 5.20. The summed E-state index contributed by atoms with van der Waals surface area (Å²) in [4.78, 5) is 14.6. The number of nitrogens with zero attached hydrogens (tertiary/aromatic N) is 1. The summed E-state index contributed by atoms with van der Waals surface area (Å²) in [5.41, 5.74) is 2.86. The highest BCUT2D eigenvalue weighted by Crippen LogP contribution is 2.26. The molecular weight excluding hydrogens is 398 g/mol. The maximum Gasteiger partial charge on any atom is 0.265 e. The Hall–Kier alpha value is -3.12. The molecule has 5 nitrogen and oxygen atoms in total. The number of carbonyl (C=O) groups is 1. The van der Waals surface area contributed by atoms with Crippen LogP contribution < -0.4 is 9.64 Å². The predicted molar refractivity (Wildman–Crippen MR) is 118 cm³/mol. The molecule has 0 saturated carbocycles. The van der Waals surface area contributed by atoms with Crippen LogP contribution in [0.1, 0.15) is 6.42 Å². The molecule has 0 unspecified atom stereocenters. The second kappa shape index (κ2) is 8.71. The van der Waals surface area contributed by atoms with Crippen molar-refractivity contribution >= 4 is 21.4 Å². The van der Waals surface area contributed by atoms with Gasteiger partial charge in [-0.05, 0) is 41.8 Å². The predicted octanol–water partition coefficient (Wildman–Crippen LogP) is 3.95. The van der Waals surface area contributed by atoms with Crippen molar-refractivity contribution in [3.05, 3.63) is 84.9 Å². The number of ether oxygens (including phenoxy) is 1. The number of hydrogen-bond donors (Lipinski definition) is 0. The summed E-state index contributed by atoms with van der Waals surface area (Å²) in [7, 11) is -3.11. The molecule has 0 radical (unpaired) electrons. The van der Waals surface area contributed by atoms with Gasteiger partial charge >= 0.3 is 0 Å². The summed E-state index contributed by atoms with van der Waals surface area (Å²) < 4.78 is 29.6. The first-order valence-electron chi connectivity index (χ1n) is 9.88. The van der Waals surface area contributed by atoms with E-state index in [1.54, 1.807) is 4.90 Å². The van der Waals surface area contributed by atoms with E-state index in [9.17, 15) is 13.2 Å².